The lowest BCUT2D eigenvalue weighted by Crippen LogP contribution is -2.45. The quantitative estimate of drug-likeness (QED) is 0.835. The van der Waals surface area contributed by atoms with Crippen LogP contribution in [-0.2, 0) is 20.9 Å². The lowest BCUT2D eigenvalue weighted by atomic mass is 9.97. The summed E-state index contributed by atoms with van der Waals surface area (Å²) in [6, 6.07) is 7.15. The van der Waals surface area contributed by atoms with Gasteiger partial charge in [-0.25, -0.2) is 0 Å². The molecule has 1 aliphatic heterocycles. The van der Waals surface area contributed by atoms with E-state index in [1.807, 2.05) is 12.1 Å². The number of methoxy groups -OCH3 is 1. The average molecular weight is 348 g/mol. The molecule has 1 heterocycles. The molecule has 1 aromatic rings. The van der Waals surface area contributed by atoms with Gasteiger partial charge < -0.3 is 19.6 Å². The van der Waals surface area contributed by atoms with Crippen molar-refractivity contribution in [3.63, 3.8) is 0 Å². The van der Waals surface area contributed by atoms with E-state index in [1.165, 1.54) is 4.90 Å². The molecule has 1 aromatic carbocycles. The number of hydrogen-bond donors (Lipinski definition) is 1. The highest BCUT2D eigenvalue weighted by Gasteiger charge is 2.28. The predicted molar refractivity (Wildman–Crippen MR) is 91.1 cm³/mol. The van der Waals surface area contributed by atoms with Crippen LogP contribution in [-0.4, -0.2) is 66.5 Å². The summed E-state index contributed by atoms with van der Waals surface area (Å²) in [6.45, 7) is 1.13. The van der Waals surface area contributed by atoms with Crippen LogP contribution in [0.2, 0.25) is 0 Å². The van der Waals surface area contributed by atoms with E-state index in [2.05, 4.69) is 0 Å². The fourth-order valence-corrected chi connectivity index (χ4v) is 2.97. The van der Waals surface area contributed by atoms with Gasteiger partial charge in [-0.05, 0) is 24.5 Å². The van der Waals surface area contributed by atoms with Crippen molar-refractivity contribution in [3.8, 4) is 0 Å². The Morgan fingerprint density at radius 1 is 1.24 bits per heavy atom. The second-order valence-corrected chi connectivity index (χ2v) is 6.24. The molecule has 7 nitrogen and oxygen atoms in total. The summed E-state index contributed by atoms with van der Waals surface area (Å²) >= 11 is 0. The van der Waals surface area contributed by atoms with Gasteiger partial charge in [0, 0.05) is 32.8 Å². The molecule has 136 valence electrons. The molecular weight excluding hydrogens is 324 g/mol. The number of carbonyl (C=O) groups is 3. The Hall–Kier alpha value is -2.41. The van der Waals surface area contributed by atoms with Crippen LogP contribution in [0.5, 0.6) is 0 Å². The number of benzene rings is 1. The normalized spacial score (nSPS) is 15.0. The minimum absolute atomic E-state index is 0.0299. The second kappa shape index (κ2) is 8.62. The van der Waals surface area contributed by atoms with Crippen LogP contribution in [0.15, 0.2) is 24.3 Å². The first-order valence-corrected chi connectivity index (χ1v) is 8.27. The molecule has 0 saturated carbocycles. The van der Waals surface area contributed by atoms with Crippen LogP contribution in [0.4, 0.5) is 0 Å². The van der Waals surface area contributed by atoms with Crippen LogP contribution in [0.3, 0.4) is 0 Å². The van der Waals surface area contributed by atoms with Gasteiger partial charge >= 0.3 is 5.97 Å². The number of likely N-dealkylation sites (tertiary alicyclic amines) is 1. The Bertz CT molecular complexity index is 638. The van der Waals surface area contributed by atoms with Crippen molar-refractivity contribution in [1.82, 2.24) is 9.80 Å². The lowest BCUT2D eigenvalue weighted by molar-refractivity contribution is -0.145. The molecule has 0 aliphatic carbocycles. The van der Waals surface area contributed by atoms with E-state index in [9.17, 15) is 14.4 Å². The molecule has 0 unspecified atom stereocenters. The minimum atomic E-state index is -0.811. The number of carboxylic acid groups (broad SMARTS) is 1. The number of amides is 2. The molecule has 1 N–H and O–H groups in total. The maximum absolute atomic E-state index is 12.6. The lowest BCUT2D eigenvalue weighted by Gasteiger charge is -2.31. The van der Waals surface area contributed by atoms with Crippen molar-refractivity contribution in [3.05, 3.63) is 35.4 Å². The van der Waals surface area contributed by atoms with Gasteiger partial charge in [0.25, 0.3) is 5.91 Å². The largest absolute Gasteiger partial charge is 0.481 e. The van der Waals surface area contributed by atoms with Crippen molar-refractivity contribution >= 4 is 17.8 Å². The SMILES string of the molecule is COCc1ccccc1C(=O)N(C)CC(=O)N1CCC(C(=O)O)CC1. The fourth-order valence-electron chi connectivity index (χ4n) is 2.97. The summed E-state index contributed by atoms with van der Waals surface area (Å²) in [5.41, 5.74) is 1.29. The van der Waals surface area contributed by atoms with E-state index in [0.717, 1.165) is 5.56 Å². The summed E-state index contributed by atoms with van der Waals surface area (Å²) in [5.74, 6) is -1.59. The zero-order valence-electron chi connectivity index (χ0n) is 14.6. The van der Waals surface area contributed by atoms with Crippen LogP contribution in [0.1, 0.15) is 28.8 Å². The Kier molecular flexibility index (Phi) is 6.52. The third-order valence-electron chi connectivity index (χ3n) is 4.46. The molecule has 7 heteroatoms. The molecule has 0 radical (unpaired) electrons. The van der Waals surface area contributed by atoms with Gasteiger partial charge in [0.2, 0.25) is 5.91 Å². The zero-order valence-corrected chi connectivity index (χ0v) is 14.6. The Labute approximate surface area is 147 Å². The number of carboxylic acids is 1. The van der Waals surface area contributed by atoms with Crippen molar-refractivity contribution in [1.29, 1.82) is 0 Å². The van der Waals surface area contributed by atoms with Crippen LogP contribution < -0.4 is 0 Å². The summed E-state index contributed by atoms with van der Waals surface area (Å²) in [4.78, 5) is 39.0. The zero-order chi connectivity index (χ0) is 18.4. The van der Waals surface area contributed by atoms with E-state index in [1.54, 1.807) is 31.2 Å². The third-order valence-corrected chi connectivity index (χ3v) is 4.46. The Balaban J connectivity index is 1.95. The van der Waals surface area contributed by atoms with Crippen LogP contribution >= 0.6 is 0 Å². The summed E-state index contributed by atoms with van der Waals surface area (Å²) in [5, 5.41) is 9.01. The third kappa shape index (κ3) is 4.79. The molecule has 2 rings (SSSR count). The number of ether oxygens (including phenoxy) is 1. The summed E-state index contributed by atoms with van der Waals surface area (Å²) in [7, 11) is 3.16. The number of hydrogen-bond acceptors (Lipinski definition) is 4. The van der Waals surface area contributed by atoms with Crippen LogP contribution in [0, 0.1) is 5.92 Å². The van der Waals surface area contributed by atoms with Gasteiger partial charge in [0.15, 0.2) is 0 Å². The highest BCUT2D eigenvalue weighted by atomic mass is 16.5. The molecule has 0 spiro atoms. The van der Waals surface area contributed by atoms with Gasteiger partial charge in [-0.1, -0.05) is 18.2 Å². The number of nitrogens with zero attached hydrogens (tertiary/aromatic N) is 2. The summed E-state index contributed by atoms with van der Waals surface area (Å²) < 4.78 is 5.11. The second-order valence-electron chi connectivity index (χ2n) is 6.24. The molecule has 1 saturated heterocycles. The van der Waals surface area contributed by atoms with E-state index in [4.69, 9.17) is 9.84 Å². The molecule has 1 fully saturated rings. The highest BCUT2D eigenvalue weighted by molar-refractivity contribution is 5.97. The maximum Gasteiger partial charge on any atom is 0.306 e. The summed E-state index contributed by atoms with van der Waals surface area (Å²) in [6.07, 6.45) is 0.908. The molecule has 0 bridgehead atoms. The Morgan fingerprint density at radius 3 is 2.48 bits per heavy atom. The van der Waals surface area contributed by atoms with E-state index in [0.29, 0.717) is 38.1 Å². The molecule has 25 heavy (non-hydrogen) atoms. The number of piperidine rings is 1. The topological polar surface area (TPSA) is 87.2 Å². The molecule has 0 atom stereocenters. The van der Waals surface area contributed by atoms with Crippen molar-refractivity contribution in [2.45, 2.75) is 19.4 Å². The average Bonchev–Trinajstić information content (AvgIpc) is 2.61. The predicted octanol–water partition coefficient (Wildman–Crippen LogP) is 1.23. The van der Waals surface area contributed by atoms with Gasteiger partial charge in [-0.2, -0.15) is 0 Å². The van der Waals surface area contributed by atoms with E-state index in [-0.39, 0.29) is 24.3 Å². The van der Waals surface area contributed by atoms with Crippen LogP contribution in [0.25, 0.3) is 0 Å². The van der Waals surface area contributed by atoms with Gasteiger partial charge in [0.05, 0.1) is 19.1 Å². The number of likely N-dealkylation sites (N-methyl/N-ethyl adjacent to an activating group) is 1. The monoisotopic (exact) mass is 348 g/mol. The molecule has 1 aliphatic rings. The highest BCUT2D eigenvalue weighted by Crippen LogP contribution is 2.18. The van der Waals surface area contributed by atoms with Gasteiger partial charge in [-0.15, -0.1) is 0 Å². The first-order chi connectivity index (χ1) is 11.9. The molecule has 2 amide bonds. The van der Waals surface area contributed by atoms with Crippen molar-refractivity contribution < 1.29 is 24.2 Å². The Morgan fingerprint density at radius 2 is 1.88 bits per heavy atom. The number of rotatable bonds is 6. The van der Waals surface area contributed by atoms with Crippen molar-refractivity contribution in [2.24, 2.45) is 5.92 Å². The molecule has 0 aromatic heterocycles. The van der Waals surface area contributed by atoms with Crippen molar-refractivity contribution in [2.75, 3.05) is 33.8 Å². The van der Waals surface area contributed by atoms with E-state index < -0.39 is 5.97 Å². The smallest absolute Gasteiger partial charge is 0.306 e. The van der Waals surface area contributed by atoms with Gasteiger partial charge in [0.1, 0.15) is 0 Å². The number of aliphatic carboxylic acids is 1. The number of carbonyl (C=O) groups excluding carboxylic acids is 2. The van der Waals surface area contributed by atoms with E-state index >= 15 is 0 Å². The maximum atomic E-state index is 12.6. The fraction of sp³-hybridized carbons (Fsp3) is 0.500. The van der Waals surface area contributed by atoms with Gasteiger partial charge in [-0.3, -0.25) is 14.4 Å². The minimum Gasteiger partial charge on any atom is -0.481 e. The first-order valence-electron chi connectivity index (χ1n) is 8.27. The molecular formula is C18H24N2O5. The first kappa shape index (κ1) is 18.9. The standard InChI is InChI=1S/C18H24N2O5/c1-19(17(22)15-6-4-3-5-14(15)12-25-2)11-16(21)20-9-7-13(8-10-20)18(23)24/h3-6,13H,7-12H2,1-2H3,(H,23,24).